The van der Waals surface area contributed by atoms with Gasteiger partial charge < -0.3 is 9.64 Å². The zero-order valence-electron chi connectivity index (χ0n) is 17.1. The predicted octanol–water partition coefficient (Wildman–Crippen LogP) is 3.22. The summed E-state index contributed by atoms with van der Waals surface area (Å²) >= 11 is 0. The summed E-state index contributed by atoms with van der Waals surface area (Å²) in [5, 5.41) is 0. The molecular weight excluding hydrogens is 425 g/mol. The minimum atomic E-state index is -4.55. The van der Waals surface area contributed by atoms with E-state index in [1.165, 1.54) is 17.0 Å². The first kappa shape index (κ1) is 20.9. The molecule has 0 spiro atoms. The molecular formula is C22H21F3N4O3. The number of aromatic nitrogens is 2. The third-order valence-electron chi connectivity index (χ3n) is 6.13. The van der Waals surface area contributed by atoms with Crippen molar-refractivity contribution in [2.24, 2.45) is 0 Å². The summed E-state index contributed by atoms with van der Waals surface area (Å²) in [5.74, 6) is 0.0383. The molecule has 168 valence electrons. The largest absolute Gasteiger partial charge is 0.457 e. The summed E-state index contributed by atoms with van der Waals surface area (Å²) in [7, 11) is 0. The van der Waals surface area contributed by atoms with Crippen molar-refractivity contribution in [1.82, 2.24) is 19.8 Å². The zero-order chi connectivity index (χ0) is 22.5. The van der Waals surface area contributed by atoms with E-state index < -0.39 is 23.9 Å². The van der Waals surface area contributed by atoms with Gasteiger partial charge in [0.1, 0.15) is 0 Å². The van der Waals surface area contributed by atoms with Gasteiger partial charge in [-0.15, -0.1) is 0 Å². The van der Waals surface area contributed by atoms with E-state index in [0.29, 0.717) is 24.6 Å². The van der Waals surface area contributed by atoms with E-state index in [1.54, 1.807) is 17.3 Å². The summed E-state index contributed by atoms with van der Waals surface area (Å²) in [5.41, 5.74) is -0.0721. The maximum atomic E-state index is 13.0. The Morgan fingerprint density at radius 3 is 2.59 bits per heavy atom. The molecule has 1 aliphatic carbocycles. The lowest BCUT2D eigenvalue weighted by atomic mass is 10.1. The van der Waals surface area contributed by atoms with Crippen LogP contribution in [0.1, 0.15) is 53.2 Å². The van der Waals surface area contributed by atoms with Crippen molar-refractivity contribution in [3.05, 3.63) is 53.5 Å². The fourth-order valence-electron chi connectivity index (χ4n) is 4.30. The number of hydrogen-bond acceptors (Lipinski definition) is 6. The van der Waals surface area contributed by atoms with Crippen molar-refractivity contribution in [1.29, 1.82) is 0 Å². The molecule has 1 aromatic heterocycles. The molecule has 10 heteroatoms. The van der Waals surface area contributed by atoms with E-state index in [4.69, 9.17) is 4.74 Å². The van der Waals surface area contributed by atoms with E-state index in [2.05, 4.69) is 9.97 Å². The number of rotatable bonds is 4. The van der Waals surface area contributed by atoms with Crippen LogP contribution in [0.3, 0.4) is 0 Å². The van der Waals surface area contributed by atoms with Crippen molar-refractivity contribution in [3.8, 4) is 5.88 Å². The highest BCUT2D eigenvalue weighted by Gasteiger charge is 2.45. The third kappa shape index (κ3) is 4.06. The molecule has 0 N–H and O–H groups in total. The van der Waals surface area contributed by atoms with Crippen LogP contribution in [0, 0.1) is 0 Å². The highest BCUT2D eigenvalue weighted by molar-refractivity contribution is 5.98. The molecule has 1 amide bonds. The van der Waals surface area contributed by atoms with Crippen LogP contribution in [0.2, 0.25) is 0 Å². The molecule has 1 saturated carbocycles. The lowest BCUT2D eigenvalue weighted by Crippen LogP contribution is -2.58. The number of Topliss-reactive ketones (excluding diaryl/α,β-unsaturated/α-hetero) is 1. The number of ketones is 1. The quantitative estimate of drug-likeness (QED) is 0.718. The third-order valence-corrected chi connectivity index (χ3v) is 6.13. The Hall–Kier alpha value is -3.01. The average molecular weight is 446 g/mol. The Kier molecular flexibility index (Phi) is 5.11. The summed E-state index contributed by atoms with van der Waals surface area (Å²) in [4.78, 5) is 37.3. The first-order chi connectivity index (χ1) is 15.3. The molecule has 5 rings (SSSR count). The summed E-state index contributed by atoms with van der Waals surface area (Å²) in [6, 6.07) is 3.85. The zero-order valence-corrected chi connectivity index (χ0v) is 17.1. The van der Waals surface area contributed by atoms with Crippen LogP contribution in [0.4, 0.5) is 13.2 Å². The van der Waals surface area contributed by atoms with Gasteiger partial charge in [-0.1, -0.05) is 6.07 Å². The lowest BCUT2D eigenvalue weighted by molar-refractivity contribution is -0.137. The molecule has 2 atom stereocenters. The first-order valence-corrected chi connectivity index (χ1v) is 10.5. The van der Waals surface area contributed by atoms with Crippen molar-refractivity contribution in [2.75, 3.05) is 13.2 Å². The number of benzene rings is 1. The minimum Gasteiger partial charge on any atom is -0.457 e. The maximum Gasteiger partial charge on any atom is 0.416 e. The normalized spacial score (nSPS) is 23.8. The summed E-state index contributed by atoms with van der Waals surface area (Å²) in [6.45, 7) is -0.0530. The molecule has 0 bridgehead atoms. The van der Waals surface area contributed by atoms with Gasteiger partial charge in [0, 0.05) is 17.9 Å². The van der Waals surface area contributed by atoms with Crippen molar-refractivity contribution in [2.45, 2.75) is 50.0 Å². The van der Waals surface area contributed by atoms with Crippen LogP contribution < -0.4 is 4.74 Å². The van der Waals surface area contributed by atoms with Crippen LogP contribution in [0.5, 0.6) is 5.88 Å². The van der Waals surface area contributed by atoms with E-state index >= 15 is 0 Å². The number of carbonyl (C=O) groups excluding carboxylic acids is 2. The topological polar surface area (TPSA) is 75.6 Å². The van der Waals surface area contributed by atoms with E-state index in [9.17, 15) is 22.8 Å². The molecule has 0 unspecified atom stereocenters. The van der Waals surface area contributed by atoms with Crippen LogP contribution in [0.15, 0.2) is 36.7 Å². The molecule has 2 saturated heterocycles. The van der Waals surface area contributed by atoms with Gasteiger partial charge >= 0.3 is 6.18 Å². The first-order valence-electron chi connectivity index (χ1n) is 10.5. The van der Waals surface area contributed by atoms with Gasteiger partial charge in [-0.25, -0.2) is 9.88 Å². The molecule has 0 radical (unpaired) electrons. The Morgan fingerprint density at radius 1 is 1.09 bits per heavy atom. The summed E-state index contributed by atoms with van der Waals surface area (Å²) < 4.78 is 45.0. The Labute approximate surface area is 182 Å². The van der Waals surface area contributed by atoms with Gasteiger partial charge in [-0.2, -0.15) is 13.2 Å². The number of ether oxygens (including phenoxy) is 1. The van der Waals surface area contributed by atoms with Gasteiger partial charge in [0.05, 0.1) is 42.9 Å². The molecule has 32 heavy (non-hydrogen) atoms. The molecule has 3 aliphatic rings. The number of amides is 1. The second-order valence-electron chi connectivity index (χ2n) is 8.42. The highest BCUT2D eigenvalue weighted by Crippen LogP contribution is 2.39. The van der Waals surface area contributed by atoms with E-state index in [0.717, 1.165) is 30.7 Å². The van der Waals surface area contributed by atoms with Gasteiger partial charge in [0.25, 0.3) is 5.91 Å². The maximum absolute atomic E-state index is 13.0. The molecule has 2 aromatic rings. The summed E-state index contributed by atoms with van der Waals surface area (Å²) in [6.07, 6.45) is 1.64. The van der Waals surface area contributed by atoms with Crippen LogP contribution in [-0.4, -0.2) is 56.9 Å². The SMILES string of the molecule is O=C1CN(C(=O)c2cccc(C(F)(F)F)c2)CN2[C@@H](Oc3cnc(C4CC4)cn3)CC[C@@H]12. The standard InChI is InChI=1S/C22H21F3N4O3/c23-22(24,25)15-3-1-2-14(8-15)21(31)28-11-18(30)17-6-7-20(29(17)12-28)32-19-10-26-16(9-27-19)13-4-5-13/h1-3,8-10,13,17,20H,4-7,11-12H2/t17-,20-/m0/s1. The molecule has 7 nitrogen and oxygen atoms in total. The Morgan fingerprint density at radius 2 is 1.91 bits per heavy atom. The van der Waals surface area contributed by atoms with Gasteiger partial charge in [0.2, 0.25) is 5.88 Å². The lowest BCUT2D eigenvalue weighted by Gasteiger charge is -2.39. The van der Waals surface area contributed by atoms with Crippen LogP contribution in [-0.2, 0) is 11.0 Å². The number of alkyl halides is 3. The number of halogens is 3. The number of nitrogens with zero attached hydrogens (tertiary/aromatic N) is 4. The minimum absolute atomic E-state index is 0.0870. The molecule has 3 fully saturated rings. The van der Waals surface area contributed by atoms with Gasteiger partial charge in [-0.3, -0.25) is 14.6 Å². The second-order valence-corrected chi connectivity index (χ2v) is 8.42. The predicted molar refractivity (Wildman–Crippen MR) is 106 cm³/mol. The fourth-order valence-corrected chi connectivity index (χ4v) is 4.30. The van der Waals surface area contributed by atoms with E-state index in [1.807, 2.05) is 0 Å². The average Bonchev–Trinajstić information content (AvgIpc) is 3.55. The van der Waals surface area contributed by atoms with E-state index in [-0.39, 0.29) is 30.6 Å². The van der Waals surface area contributed by atoms with Crippen molar-refractivity contribution < 1.29 is 27.5 Å². The second kappa shape index (κ2) is 7.84. The number of fused-ring (bicyclic) bond motifs is 1. The monoisotopic (exact) mass is 446 g/mol. The van der Waals surface area contributed by atoms with Crippen molar-refractivity contribution in [3.63, 3.8) is 0 Å². The fraction of sp³-hybridized carbons (Fsp3) is 0.455. The van der Waals surface area contributed by atoms with Gasteiger partial charge in [0.15, 0.2) is 12.0 Å². The number of hydrogen-bond donors (Lipinski definition) is 0. The Balaban J connectivity index is 1.30. The van der Waals surface area contributed by atoms with Crippen molar-refractivity contribution >= 4 is 11.7 Å². The smallest absolute Gasteiger partial charge is 0.416 e. The molecule has 3 heterocycles. The van der Waals surface area contributed by atoms with Crippen LogP contribution >= 0.6 is 0 Å². The van der Waals surface area contributed by atoms with Gasteiger partial charge in [-0.05, 0) is 37.5 Å². The van der Waals surface area contributed by atoms with Crippen LogP contribution in [0.25, 0.3) is 0 Å². The molecule has 2 aliphatic heterocycles. The Bertz CT molecular complexity index is 1040. The number of carbonyl (C=O) groups is 2. The molecule has 1 aromatic carbocycles. The highest BCUT2D eigenvalue weighted by atomic mass is 19.4.